The third-order valence-electron chi connectivity index (χ3n) is 16.9. The predicted molar refractivity (Wildman–Crippen MR) is 445 cm³/mol. The monoisotopic (exact) mass is 1610 g/mol. The van der Waals surface area contributed by atoms with E-state index in [1.165, 1.54) is 30.7 Å². The Morgan fingerprint density at radius 3 is 1.21 bits per heavy atom. The smallest absolute Gasteiger partial charge is 0.378 e. The summed E-state index contributed by atoms with van der Waals surface area (Å²) in [5.74, 6) is -3.44. The maximum atomic E-state index is 13.2. The summed E-state index contributed by atoms with van der Waals surface area (Å²) in [7, 11) is -7.88. The number of anilines is 1. The second kappa shape index (κ2) is 45.1. The molecular weight excluding hydrogens is 1530 g/mol. The number of nitrogens with zero attached hydrogens (tertiary/aromatic N) is 7. The topological polar surface area (TPSA) is 315 Å². The zero-order valence-corrected chi connectivity index (χ0v) is 65.7. The Hall–Kier alpha value is -13.7. The number of Topliss-reactive ketones (excluding diaryl/α,β-unsaturated/α-hetero) is 3. The molecule has 1 aliphatic heterocycles. The average Bonchev–Trinajstić information content (AvgIpc) is 0.834. The van der Waals surface area contributed by atoms with E-state index in [2.05, 4.69) is 35.0 Å². The summed E-state index contributed by atoms with van der Waals surface area (Å²) < 4.78 is 62.3. The Labute approximate surface area is 677 Å². The first kappa shape index (κ1) is 86.3. The summed E-state index contributed by atoms with van der Waals surface area (Å²) >= 11 is 1.59. The molecule has 23 nitrogen and oxygen atoms in total. The standard InChI is InChI=1S/C25H22N2O4.C22H17NO3S.C15H15NO3S.C14H10N2O3S.C14H15NO3/c28-24(20-11-13-22(14-12-20)27-15-17-30-18-16-27)23(19-7-3-1-4-8-19)26-31-25(29)21-9-5-2-6-10-21;1-27-19-14-12-17(13-15-19)21(24)20(16-8-4-2-5-9-16)23-26-22(25)18-10-6-3-7-11-18;1-12-8-10-15(11-9-12)20(17,18)19-16-13(2)14-6-4-3-5-7-14;15-11-14(12-7-3-1-4-8-12)16-19-20(17,18)13-9-5-2-6-10-13;16-13(11-7-3-1-4-8-11)14(17)18-15-12-9-5-2-6-10-12/h1-14H,15-18H2;2-15H,1H3;3-11H,1-2H3;1-10H;1,3-4,7-8H,2,5-6,9-10H2/b26-23+;23-20+;16-13+;16-14+;. The highest BCUT2D eigenvalue weighted by molar-refractivity contribution is 7.98. The molecule has 0 N–H and O–H groups in total. The van der Waals surface area contributed by atoms with Gasteiger partial charge in [-0.25, -0.2) is 14.4 Å². The van der Waals surface area contributed by atoms with Crippen LogP contribution in [0, 0.1) is 18.3 Å². The van der Waals surface area contributed by atoms with Crippen molar-refractivity contribution in [2.24, 2.45) is 25.8 Å². The Morgan fingerprint density at radius 1 is 0.405 bits per heavy atom. The van der Waals surface area contributed by atoms with Crippen LogP contribution in [0.1, 0.15) is 119 Å². The molecule has 588 valence electrons. The number of hydrogen-bond donors (Lipinski definition) is 0. The van der Waals surface area contributed by atoms with Crippen molar-refractivity contribution < 1.29 is 73.4 Å². The first-order valence-electron chi connectivity index (χ1n) is 36.3. The van der Waals surface area contributed by atoms with Crippen molar-refractivity contribution in [3.8, 4) is 6.07 Å². The fourth-order valence-corrected chi connectivity index (χ4v) is 12.6. The van der Waals surface area contributed by atoms with E-state index in [-0.39, 0.29) is 38.5 Å². The Morgan fingerprint density at radius 2 is 0.776 bits per heavy atom. The summed E-state index contributed by atoms with van der Waals surface area (Å²) in [4.78, 5) is 92.1. The third kappa shape index (κ3) is 27.0. The highest BCUT2D eigenvalue weighted by Crippen LogP contribution is 2.23. The quantitative estimate of drug-likeness (QED) is 0.0143. The fraction of sp³-hybridized carbons (Fsp3) is 0.133. The minimum absolute atomic E-state index is 0.0194. The number of oxime groups is 5. The number of nitriles is 1. The van der Waals surface area contributed by atoms with Crippen molar-refractivity contribution in [3.63, 3.8) is 0 Å². The minimum atomic E-state index is -4.01. The van der Waals surface area contributed by atoms with Gasteiger partial charge in [-0.05, 0) is 148 Å². The van der Waals surface area contributed by atoms with Gasteiger partial charge >= 0.3 is 38.1 Å². The van der Waals surface area contributed by atoms with E-state index in [1.54, 1.807) is 249 Å². The van der Waals surface area contributed by atoms with E-state index >= 15 is 0 Å². The van der Waals surface area contributed by atoms with Gasteiger partial charge in [-0.1, -0.05) is 256 Å². The predicted octanol–water partition coefficient (Wildman–Crippen LogP) is 17.0. The van der Waals surface area contributed by atoms with Crippen LogP contribution in [0.25, 0.3) is 0 Å². The highest BCUT2D eigenvalue weighted by Gasteiger charge is 2.24. The van der Waals surface area contributed by atoms with Crippen LogP contribution in [-0.4, -0.2) is 113 Å². The molecule has 11 aromatic carbocycles. The lowest BCUT2D eigenvalue weighted by molar-refractivity contribution is -0.138. The summed E-state index contributed by atoms with van der Waals surface area (Å²) in [6.45, 7) is 6.60. The SMILES string of the molecule is C/C(=N\OS(=O)(=O)c1ccc(C)cc1)c1ccccc1.CSc1ccc(C(=O)/C(=N/OC(=O)c2ccccc2)c2ccccc2)cc1.N#C/C(=N\OS(=O)(=O)c1ccccc1)c1ccccc1.O=C(O/N=C(/C(=O)c1ccc(N2CCOCC2)cc1)c1ccccc1)c1ccccc1.O=C(ON=C1CCCCC1)C(=O)c1ccccc1. The minimum Gasteiger partial charge on any atom is -0.378 e. The maximum Gasteiger partial charge on any atom is 0.405 e. The zero-order valence-electron chi connectivity index (χ0n) is 63.3. The molecule has 11 aromatic rings. The number of benzene rings is 11. The summed E-state index contributed by atoms with van der Waals surface area (Å²) in [5.41, 5.74) is 7.89. The van der Waals surface area contributed by atoms with Crippen molar-refractivity contribution in [3.05, 3.63) is 371 Å². The number of ether oxygens (including phenoxy) is 1. The molecule has 1 saturated heterocycles. The molecule has 0 unspecified atom stereocenters. The average molecular weight is 1610 g/mol. The van der Waals surface area contributed by atoms with Gasteiger partial charge in [0.1, 0.15) is 15.9 Å². The second-order valence-electron chi connectivity index (χ2n) is 25.1. The molecule has 0 radical (unpaired) electrons. The van der Waals surface area contributed by atoms with E-state index in [0.29, 0.717) is 63.4 Å². The van der Waals surface area contributed by atoms with Crippen molar-refractivity contribution in [1.29, 1.82) is 5.26 Å². The van der Waals surface area contributed by atoms with E-state index in [1.807, 2.05) is 79.9 Å². The number of rotatable bonds is 23. The Balaban J connectivity index is 0.000000168. The normalized spacial score (nSPS) is 12.8. The number of morpholine rings is 1. The molecule has 2 fully saturated rings. The molecule has 0 spiro atoms. The second-order valence-corrected chi connectivity index (χ2v) is 29.0. The molecule has 1 aliphatic carbocycles. The van der Waals surface area contributed by atoms with Crippen LogP contribution in [-0.2, 0) is 52.8 Å². The first-order valence-corrected chi connectivity index (χ1v) is 40.3. The van der Waals surface area contributed by atoms with Crippen molar-refractivity contribution in [1.82, 2.24) is 0 Å². The fourth-order valence-electron chi connectivity index (χ4n) is 10.7. The van der Waals surface area contributed by atoms with Gasteiger partial charge in [-0.3, -0.25) is 23.0 Å². The van der Waals surface area contributed by atoms with Gasteiger partial charge in [-0.2, -0.15) is 22.1 Å². The molecule has 0 bridgehead atoms. The molecule has 0 amide bonds. The highest BCUT2D eigenvalue weighted by atomic mass is 32.2. The van der Waals surface area contributed by atoms with Crippen LogP contribution >= 0.6 is 11.8 Å². The van der Waals surface area contributed by atoms with Gasteiger partial charge in [0.05, 0.1) is 35.8 Å². The lowest BCUT2D eigenvalue weighted by Gasteiger charge is -2.28. The number of ketones is 3. The summed E-state index contributed by atoms with van der Waals surface area (Å²) in [6, 6.07) is 91.5. The molecule has 0 aromatic heterocycles. The lowest BCUT2D eigenvalue weighted by atomic mass is 9.99. The van der Waals surface area contributed by atoms with Crippen LogP contribution in [0.5, 0.6) is 0 Å². The molecule has 116 heavy (non-hydrogen) atoms. The van der Waals surface area contributed by atoms with Gasteiger partial charge in [0, 0.05) is 57.1 Å². The van der Waals surface area contributed by atoms with Crippen LogP contribution in [0.2, 0.25) is 0 Å². The van der Waals surface area contributed by atoms with Crippen molar-refractivity contribution in [2.45, 2.75) is 60.6 Å². The van der Waals surface area contributed by atoms with Crippen molar-refractivity contribution in [2.75, 3.05) is 37.5 Å². The van der Waals surface area contributed by atoms with Gasteiger partial charge in [0.25, 0.3) is 5.78 Å². The van der Waals surface area contributed by atoms with Crippen LogP contribution in [0.4, 0.5) is 5.69 Å². The van der Waals surface area contributed by atoms with E-state index in [0.717, 1.165) is 66.2 Å². The molecule has 13 rings (SSSR count). The maximum absolute atomic E-state index is 13.2. The lowest BCUT2D eigenvalue weighted by Crippen LogP contribution is -2.36. The van der Waals surface area contributed by atoms with Crippen molar-refractivity contribution >= 4 is 102 Å². The van der Waals surface area contributed by atoms with E-state index in [9.17, 15) is 45.6 Å². The van der Waals surface area contributed by atoms with Crippen LogP contribution < -0.4 is 4.90 Å². The summed E-state index contributed by atoms with van der Waals surface area (Å²) in [5, 5.41) is 27.7. The third-order valence-corrected chi connectivity index (χ3v) is 19.9. The molecule has 0 atom stereocenters. The molecule has 26 heteroatoms. The molecule has 2 aliphatic rings. The Bertz CT molecular complexity index is 5510. The van der Waals surface area contributed by atoms with Crippen LogP contribution in [0.3, 0.4) is 0 Å². The van der Waals surface area contributed by atoms with Gasteiger partial charge in [0.15, 0.2) is 17.1 Å². The first-order chi connectivity index (χ1) is 56.3. The zero-order chi connectivity index (χ0) is 82.3. The molecule has 1 saturated carbocycles. The Kier molecular flexibility index (Phi) is 33.5. The molecule has 1 heterocycles. The van der Waals surface area contributed by atoms with Gasteiger partial charge in [-0.15, -0.1) is 11.8 Å². The number of thioether (sulfide) groups is 1. The van der Waals surface area contributed by atoms with E-state index in [4.69, 9.17) is 28.8 Å². The van der Waals surface area contributed by atoms with Gasteiger partial charge in [0.2, 0.25) is 11.6 Å². The number of hydrogen-bond acceptors (Lipinski definition) is 24. The number of carbonyl (C=O) groups excluding carboxylic acids is 6. The van der Waals surface area contributed by atoms with Crippen LogP contribution in [0.15, 0.2) is 356 Å². The largest absolute Gasteiger partial charge is 0.405 e. The number of carbonyl (C=O) groups is 6. The summed E-state index contributed by atoms with van der Waals surface area (Å²) in [6.07, 6.45) is 7.01. The van der Waals surface area contributed by atoms with Gasteiger partial charge < -0.3 is 24.1 Å². The number of aryl methyl sites for hydroxylation is 1. The van der Waals surface area contributed by atoms with E-state index < -0.39 is 43.9 Å². The molecular formula is C90H79N7O16S3.